The van der Waals surface area contributed by atoms with Crippen molar-refractivity contribution in [2.24, 2.45) is 0 Å². The average molecular weight is 354 g/mol. The van der Waals surface area contributed by atoms with E-state index in [1.165, 1.54) is 28.3 Å². The summed E-state index contributed by atoms with van der Waals surface area (Å²) in [6, 6.07) is 11.8. The highest BCUT2D eigenvalue weighted by atomic mass is 16.5. The van der Waals surface area contributed by atoms with Crippen molar-refractivity contribution in [1.29, 1.82) is 0 Å². The van der Waals surface area contributed by atoms with E-state index in [-0.39, 0.29) is 5.97 Å². The van der Waals surface area contributed by atoms with Crippen LogP contribution in [0.15, 0.2) is 48.8 Å². The van der Waals surface area contributed by atoms with E-state index in [4.69, 9.17) is 4.74 Å². The predicted octanol–water partition coefficient (Wildman–Crippen LogP) is 3.52. The second kappa shape index (κ2) is 6.09. The molecular weight excluding hydrogens is 336 g/mol. The van der Waals surface area contributed by atoms with Crippen LogP contribution in [0.4, 0.5) is 0 Å². The maximum atomic E-state index is 12.3. The first-order valence-corrected chi connectivity index (χ1v) is 9.04. The minimum atomic E-state index is -0.319. The average Bonchev–Trinajstić information content (AvgIpc) is 3.11. The van der Waals surface area contributed by atoms with Gasteiger partial charge in [-0.05, 0) is 52.6 Å². The van der Waals surface area contributed by atoms with Gasteiger partial charge in [-0.1, -0.05) is 30.4 Å². The second-order valence-corrected chi connectivity index (χ2v) is 6.74. The number of nitrogens with one attached hydrogen (secondary N) is 1. The SMILES string of the molecule is COC(=O)c1ccccc1-c1cc2[nH]c3cnccc3c2c2c1=CCCC=2. The van der Waals surface area contributed by atoms with Crippen molar-refractivity contribution in [3.05, 3.63) is 64.8 Å². The van der Waals surface area contributed by atoms with Crippen molar-refractivity contribution in [3.8, 4) is 11.1 Å². The molecule has 0 spiro atoms. The molecule has 0 radical (unpaired) electrons. The molecule has 0 bridgehead atoms. The van der Waals surface area contributed by atoms with Gasteiger partial charge in [0, 0.05) is 22.5 Å². The van der Waals surface area contributed by atoms with Crippen molar-refractivity contribution < 1.29 is 9.53 Å². The number of H-pyrrole nitrogens is 1. The van der Waals surface area contributed by atoms with Gasteiger partial charge in [0.25, 0.3) is 0 Å². The third-order valence-electron chi connectivity index (χ3n) is 5.25. The molecule has 0 fully saturated rings. The van der Waals surface area contributed by atoms with Gasteiger partial charge in [-0.3, -0.25) is 4.98 Å². The molecule has 0 saturated heterocycles. The number of nitrogens with zero attached hydrogens (tertiary/aromatic N) is 1. The molecule has 0 saturated carbocycles. The summed E-state index contributed by atoms with van der Waals surface area (Å²) in [6.45, 7) is 0. The third kappa shape index (κ3) is 2.37. The van der Waals surface area contributed by atoms with Crippen LogP contribution in [-0.4, -0.2) is 23.0 Å². The number of carbonyl (C=O) groups is 1. The molecule has 0 aliphatic heterocycles. The lowest BCUT2D eigenvalue weighted by Crippen LogP contribution is -2.30. The highest BCUT2D eigenvalue weighted by molar-refractivity contribution is 6.09. The first-order valence-electron chi connectivity index (χ1n) is 9.04. The number of carbonyl (C=O) groups excluding carboxylic acids is 1. The number of rotatable bonds is 2. The van der Waals surface area contributed by atoms with Crippen LogP contribution in [0.1, 0.15) is 23.2 Å². The Bertz CT molecular complexity index is 1330. The molecule has 2 aromatic heterocycles. The smallest absolute Gasteiger partial charge is 0.338 e. The Labute approximate surface area is 155 Å². The van der Waals surface area contributed by atoms with Gasteiger partial charge >= 0.3 is 5.97 Å². The lowest BCUT2D eigenvalue weighted by atomic mass is 9.92. The number of methoxy groups -OCH3 is 1. The summed E-state index contributed by atoms with van der Waals surface area (Å²) in [5.74, 6) is -0.319. The number of pyridine rings is 1. The van der Waals surface area contributed by atoms with Gasteiger partial charge in [0.2, 0.25) is 0 Å². The Hall–Kier alpha value is -3.40. The lowest BCUT2D eigenvalue weighted by Gasteiger charge is -2.12. The zero-order chi connectivity index (χ0) is 18.4. The number of fused-ring (bicyclic) bond motifs is 5. The van der Waals surface area contributed by atoms with Gasteiger partial charge in [0.1, 0.15) is 0 Å². The number of ether oxygens (including phenoxy) is 1. The molecule has 27 heavy (non-hydrogen) atoms. The fourth-order valence-electron chi connectivity index (χ4n) is 4.08. The van der Waals surface area contributed by atoms with Crippen LogP contribution in [-0.2, 0) is 4.74 Å². The molecule has 5 rings (SSSR count). The van der Waals surface area contributed by atoms with E-state index in [0.29, 0.717) is 5.56 Å². The number of esters is 1. The quantitative estimate of drug-likeness (QED) is 0.560. The highest BCUT2D eigenvalue weighted by Gasteiger charge is 2.17. The number of aromatic amines is 1. The zero-order valence-corrected chi connectivity index (χ0v) is 15.0. The molecule has 0 unspecified atom stereocenters. The van der Waals surface area contributed by atoms with Gasteiger partial charge in [0.05, 0.1) is 24.4 Å². The van der Waals surface area contributed by atoms with E-state index in [9.17, 15) is 4.79 Å². The Kier molecular flexibility index (Phi) is 3.57. The molecule has 4 heteroatoms. The number of aromatic nitrogens is 2. The molecule has 0 amide bonds. The predicted molar refractivity (Wildman–Crippen MR) is 108 cm³/mol. The van der Waals surface area contributed by atoms with Crippen molar-refractivity contribution in [3.63, 3.8) is 0 Å². The first-order chi connectivity index (χ1) is 13.3. The van der Waals surface area contributed by atoms with E-state index in [1.54, 1.807) is 0 Å². The van der Waals surface area contributed by atoms with Crippen LogP contribution in [0.5, 0.6) is 0 Å². The summed E-state index contributed by atoms with van der Waals surface area (Å²) in [5, 5.41) is 4.81. The molecule has 132 valence electrons. The number of benzene rings is 2. The Morgan fingerprint density at radius 1 is 1.04 bits per heavy atom. The Balaban J connectivity index is 1.94. The van der Waals surface area contributed by atoms with E-state index in [0.717, 1.165) is 35.0 Å². The zero-order valence-electron chi connectivity index (χ0n) is 15.0. The summed E-state index contributed by atoms with van der Waals surface area (Å²) in [5.41, 5.74) is 4.60. The van der Waals surface area contributed by atoms with Crippen LogP contribution in [0.2, 0.25) is 0 Å². The third-order valence-corrected chi connectivity index (χ3v) is 5.25. The van der Waals surface area contributed by atoms with E-state index < -0.39 is 0 Å². The first kappa shape index (κ1) is 15.8. The van der Waals surface area contributed by atoms with Crippen LogP contribution in [0, 0.1) is 0 Å². The molecule has 1 aliphatic carbocycles. The second-order valence-electron chi connectivity index (χ2n) is 6.74. The molecule has 4 aromatic rings. The summed E-state index contributed by atoms with van der Waals surface area (Å²) < 4.78 is 5.00. The number of hydrogen-bond acceptors (Lipinski definition) is 3. The Morgan fingerprint density at radius 3 is 2.70 bits per heavy atom. The summed E-state index contributed by atoms with van der Waals surface area (Å²) in [6.07, 6.45) is 10.3. The lowest BCUT2D eigenvalue weighted by molar-refractivity contribution is 0.0601. The number of hydrogen-bond donors (Lipinski definition) is 1. The minimum Gasteiger partial charge on any atom is -0.465 e. The van der Waals surface area contributed by atoms with Crippen LogP contribution >= 0.6 is 0 Å². The summed E-state index contributed by atoms with van der Waals surface area (Å²) in [7, 11) is 1.42. The van der Waals surface area contributed by atoms with Gasteiger partial charge in [0.15, 0.2) is 0 Å². The van der Waals surface area contributed by atoms with Gasteiger partial charge in [-0.15, -0.1) is 0 Å². The maximum absolute atomic E-state index is 12.3. The van der Waals surface area contributed by atoms with Crippen LogP contribution < -0.4 is 10.4 Å². The molecule has 1 aliphatic rings. The van der Waals surface area contributed by atoms with Crippen molar-refractivity contribution in [1.82, 2.24) is 9.97 Å². The molecule has 4 nitrogen and oxygen atoms in total. The van der Waals surface area contributed by atoms with Crippen LogP contribution in [0.25, 0.3) is 45.1 Å². The largest absolute Gasteiger partial charge is 0.465 e. The molecule has 2 heterocycles. The van der Waals surface area contributed by atoms with E-state index in [1.807, 2.05) is 36.7 Å². The van der Waals surface area contributed by atoms with Crippen molar-refractivity contribution in [2.45, 2.75) is 12.8 Å². The summed E-state index contributed by atoms with van der Waals surface area (Å²) >= 11 is 0. The monoisotopic (exact) mass is 354 g/mol. The molecule has 0 atom stereocenters. The highest BCUT2D eigenvalue weighted by Crippen LogP contribution is 2.27. The topological polar surface area (TPSA) is 55.0 Å². The normalized spacial score (nSPS) is 13.1. The van der Waals surface area contributed by atoms with Gasteiger partial charge in [-0.25, -0.2) is 4.79 Å². The fraction of sp³-hybridized carbons (Fsp3) is 0.130. The molecule has 1 N–H and O–H groups in total. The summed E-state index contributed by atoms with van der Waals surface area (Å²) in [4.78, 5) is 20.1. The maximum Gasteiger partial charge on any atom is 0.338 e. The van der Waals surface area contributed by atoms with Crippen molar-refractivity contribution in [2.75, 3.05) is 7.11 Å². The molecule has 2 aromatic carbocycles. The van der Waals surface area contributed by atoms with Crippen molar-refractivity contribution >= 4 is 39.9 Å². The Morgan fingerprint density at radius 2 is 1.85 bits per heavy atom. The van der Waals surface area contributed by atoms with E-state index in [2.05, 4.69) is 34.3 Å². The minimum absolute atomic E-state index is 0.319. The van der Waals surface area contributed by atoms with Gasteiger partial charge in [-0.2, -0.15) is 0 Å². The molecular formula is C23H18N2O2. The fourth-order valence-corrected chi connectivity index (χ4v) is 4.08. The standard InChI is InChI=1S/C23H18N2O2/c1-27-23(26)17-9-5-3-7-15(17)19-12-20-22(16-8-4-2-6-14(16)19)18-10-11-24-13-21(18)25-20/h3,5-13,25H,2,4H2,1H3. The van der Waals surface area contributed by atoms with E-state index >= 15 is 0 Å². The van der Waals surface area contributed by atoms with Gasteiger partial charge < -0.3 is 9.72 Å². The van der Waals surface area contributed by atoms with Crippen LogP contribution in [0.3, 0.4) is 0 Å².